The Labute approximate surface area is 153 Å². The summed E-state index contributed by atoms with van der Waals surface area (Å²) in [4.78, 5) is 42.5. The quantitative estimate of drug-likeness (QED) is 0.809. The standard InChI is InChI=1S/C19H26N4O3/c1-3-19(4-2)17(25)23(18(26)20-19)14-16(24)22-12-10-21(11-13-22)15-8-6-5-7-9-15/h5-9H,3-4,10-14H2,1-2H3,(H,20,26). The molecule has 1 aromatic rings. The third kappa shape index (κ3) is 3.25. The van der Waals surface area contributed by atoms with Crippen molar-refractivity contribution >= 4 is 23.5 Å². The molecule has 7 heteroatoms. The fraction of sp³-hybridized carbons (Fsp3) is 0.526. The first-order valence-corrected chi connectivity index (χ1v) is 9.22. The molecule has 2 heterocycles. The van der Waals surface area contributed by atoms with Crippen LogP contribution in [0, 0.1) is 0 Å². The largest absolute Gasteiger partial charge is 0.368 e. The minimum atomic E-state index is -0.858. The lowest BCUT2D eigenvalue weighted by Gasteiger charge is -2.36. The van der Waals surface area contributed by atoms with Crippen molar-refractivity contribution in [3.8, 4) is 0 Å². The van der Waals surface area contributed by atoms with Crippen LogP contribution >= 0.6 is 0 Å². The number of para-hydroxylation sites is 1. The molecule has 0 saturated carbocycles. The highest BCUT2D eigenvalue weighted by Gasteiger charge is 2.49. The Hall–Kier alpha value is -2.57. The Morgan fingerprint density at radius 3 is 2.19 bits per heavy atom. The maximum atomic E-state index is 12.6. The van der Waals surface area contributed by atoms with Gasteiger partial charge in [-0.2, -0.15) is 0 Å². The lowest BCUT2D eigenvalue weighted by Crippen LogP contribution is -2.52. The van der Waals surface area contributed by atoms with E-state index in [1.54, 1.807) is 4.90 Å². The smallest absolute Gasteiger partial charge is 0.325 e. The van der Waals surface area contributed by atoms with E-state index in [2.05, 4.69) is 22.3 Å². The molecule has 26 heavy (non-hydrogen) atoms. The molecule has 0 unspecified atom stereocenters. The molecule has 4 amide bonds. The maximum absolute atomic E-state index is 12.6. The number of carbonyl (C=O) groups is 3. The van der Waals surface area contributed by atoms with Gasteiger partial charge in [-0.15, -0.1) is 0 Å². The summed E-state index contributed by atoms with van der Waals surface area (Å²) in [6, 6.07) is 9.62. The molecule has 0 aliphatic carbocycles. The molecule has 0 aromatic heterocycles. The second-order valence-corrected chi connectivity index (χ2v) is 6.81. The molecule has 2 saturated heterocycles. The van der Waals surface area contributed by atoms with E-state index in [1.807, 2.05) is 32.0 Å². The van der Waals surface area contributed by atoms with Gasteiger partial charge in [0.05, 0.1) is 0 Å². The fourth-order valence-electron chi connectivity index (χ4n) is 3.64. The summed E-state index contributed by atoms with van der Waals surface area (Å²) in [5.74, 6) is -0.465. The Bertz CT molecular complexity index is 679. The average Bonchev–Trinajstić information content (AvgIpc) is 2.93. The summed E-state index contributed by atoms with van der Waals surface area (Å²) < 4.78 is 0. The summed E-state index contributed by atoms with van der Waals surface area (Å²) in [6.45, 7) is 6.21. The van der Waals surface area contributed by atoms with E-state index in [0.717, 1.165) is 23.7 Å². The van der Waals surface area contributed by atoms with Crippen LogP contribution in [0.2, 0.25) is 0 Å². The predicted molar refractivity (Wildman–Crippen MR) is 98.8 cm³/mol. The van der Waals surface area contributed by atoms with Crippen molar-refractivity contribution in [2.24, 2.45) is 0 Å². The number of hydrogen-bond donors (Lipinski definition) is 1. The van der Waals surface area contributed by atoms with Crippen molar-refractivity contribution in [1.82, 2.24) is 15.1 Å². The van der Waals surface area contributed by atoms with Crippen LogP contribution in [-0.4, -0.2) is 65.9 Å². The van der Waals surface area contributed by atoms with E-state index in [9.17, 15) is 14.4 Å². The van der Waals surface area contributed by atoms with Gasteiger partial charge < -0.3 is 15.1 Å². The summed E-state index contributed by atoms with van der Waals surface area (Å²) in [5.41, 5.74) is 0.285. The van der Waals surface area contributed by atoms with E-state index in [0.29, 0.717) is 25.9 Å². The Balaban J connectivity index is 1.58. The number of amides is 4. The number of imide groups is 1. The van der Waals surface area contributed by atoms with Crippen molar-refractivity contribution in [2.45, 2.75) is 32.2 Å². The number of carbonyl (C=O) groups excluding carboxylic acids is 3. The van der Waals surface area contributed by atoms with E-state index in [1.165, 1.54) is 0 Å². The summed E-state index contributed by atoms with van der Waals surface area (Å²) in [7, 11) is 0. The van der Waals surface area contributed by atoms with Crippen LogP contribution in [0.25, 0.3) is 0 Å². The number of anilines is 1. The van der Waals surface area contributed by atoms with E-state index >= 15 is 0 Å². The molecule has 1 N–H and O–H groups in total. The van der Waals surface area contributed by atoms with Crippen LogP contribution in [-0.2, 0) is 9.59 Å². The molecule has 0 spiro atoms. The SMILES string of the molecule is CCC1(CC)NC(=O)N(CC(=O)N2CCN(c3ccccc3)CC2)C1=O. The number of rotatable bonds is 5. The zero-order valence-electron chi connectivity index (χ0n) is 15.4. The minimum Gasteiger partial charge on any atom is -0.368 e. The van der Waals surface area contributed by atoms with Gasteiger partial charge in [-0.1, -0.05) is 32.0 Å². The molecule has 2 aliphatic rings. The van der Waals surface area contributed by atoms with Gasteiger partial charge in [0.2, 0.25) is 5.91 Å². The third-order valence-corrected chi connectivity index (χ3v) is 5.50. The van der Waals surface area contributed by atoms with E-state index in [4.69, 9.17) is 0 Å². The molecule has 3 rings (SSSR count). The summed E-state index contributed by atoms with van der Waals surface area (Å²) in [6.07, 6.45) is 1.04. The minimum absolute atomic E-state index is 0.177. The molecule has 1 aromatic carbocycles. The van der Waals surface area contributed by atoms with Crippen LogP contribution in [0.1, 0.15) is 26.7 Å². The average molecular weight is 358 g/mol. The number of urea groups is 1. The third-order valence-electron chi connectivity index (χ3n) is 5.50. The number of nitrogens with zero attached hydrogens (tertiary/aromatic N) is 3. The van der Waals surface area contributed by atoms with Crippen molar-refractivity contribution in [3.05, 3.63) is 30.3 Å². The molecule has 2 fully saturated rings. The van der Waals surface area contributed by atoms with Crippen LogP contribution in [0.15, 0.2) is 30.3 Å². The van der Waals surface area contributed by atoms with Gasteiger partial charge in [0, 0.05) is 31.9 Å². The predicted octanol–water partition coefficient (Wildman–Crippen LogP) is 1.45. The molecule has 140 valence electrons. The molecular formula is C19H26N4O3. The van der Waals surface area contributed by atoms with Gasteiger partial charge >= 0.3 is 6.03 Å². The molecule has 7 nitrogen and oxygen atoms in total. The van der Waals surface area contributed by atoms with Gasteiger partial charge in [0.1, 0.15) is 12.1 Å². The van der Waals surface area contributed by atoms with Gasteiger partial charge in [-0.25, -0.2) is 4.79 Å². The van der Waals surface area contributed by atoms with Gasteiger partial charge in [0.15, 0.2) is 0 Å². The monoisotopic (exact) mass is 358 g/mol. The molecule has 0 radical (unpaired) electrons. The first-order valence-electron chi connectivity index (χ1n) is 9.22. The first kappa shape index (κ1) is 18.2. The van der Waals surface area contributed by atoms with Crippen LogP contribution < -0.4 is 10.2 Å². The van der Waals surface area contributed by atoms with Gasteiger partial charge in [0.25, 0.3) is 5.91 Å². The van der Waals surface area contributed by atoms with Crippen molar-refractivity contribution in [1.29, 1.82) is 0 Å². The normalized spacial score (nSPS) is 19.7. The van der Waals surface area contributed by atoms with Gasteiger partial charge in [-0.05, 0) is 25.0 Å². The number of piperazine rings is 1. The zero-order valence-corrected chi connectivity index (χ0v) is 15.4. The highest BCUT2D eigenvalue weighted by Crippen LogP contribution is 2.25. The summed E-state index contributed by atoms with van der Waals surface area (Å²) in [5, 5.41) is 2.76. The Morgan fingerprint density at radius 1 is 1.04 bits per heavy atom. The molecule has 0 atom stereocenters. The topological polar surface area (TPSA) is 73.0 Å². The van der Waals surface area contributed by atoms with Crippen LogP contribution in [0.4, 0.5) is 10.5 Å². The molecule has 0 bridgehead atoms. The number of benzene rings is 1. The highest BCUT2D eigenvalue weighted by atomic mass is 16.2. The Kier molecular flexibility index (Phi) is 5.15. The zero-order chi connectivity index (χ0) is 18.7. The summed E-state index contributed by atoms with van der Waals surface area (Å²) >= 11 is 0. The van der Waals surface area contributed by atoms with Crippen molar-refractivity contribution in [3.63, 3.8) is 0 Å². The lowest BCUT2D eigenvalue weighted by molar-refractivity contribution is -0.139. The van der Waals surface area contributed by atoms with Crippen molar-refractivity contribution < 1.29 is 14.4 Å². The second-order valence-electron chi connectivity index (χ2n) is 6.81. The maximum Gasteiger partial charge on any atom is 0.325 e. The number of hydrogen-bond acceptors (Lipinski definition) is 4. The Morgan fingerprint density at radius 2 is 1.65 bits per heavy atom. The fourth-order valence-corrected chi connectivity index (χ4v) is 3.64. The van der Waals surface area contributed by atoms with Crippen molar-refractivity contribution in [2.75, 3.05) is 37.6 Å². The first-order chi connectivity index (χ1) is 12.5. The van der Waals surface area contributed by atoms with Crippen LogP contribution in [0.3, 0.4) is 0 Å². The highest BCUT2D eigenvalue weighted by molar-refractivity contribution is 6.09. The molecular weight excluding hydrogens is 332 g/mol. The van der Waals surface area contributed by atoms with Crippen LogP contribution in [0.5, 0.6) is 0 Å². The van der Waals surface area contributed by atoms with Gasteiger partial charge in [-0.3, -0.25) is 14.5 Å². The second kappa shape index (κ2) is 7.35. The van der Waals surface area contributed by atoms with E-state index < -0.39 is 11.6 Å². The number of nitrogens with one attached hydrogen (secondary N) is 1. The molecule has 2 aliphatic heterocycles. The lowest BCUT2D eigenvalue weighted by atomic mass is 9.93. The van der Waals surface area contributed by atoms with E-state index in [-0.39, 0.29) is 18.4 Å².